The molecule has 0 radical (unpaired) electrons. The number of nitrogens with zero attached hydrogens (tertiary/aromatic N) is 2. The van der Waals surface area contributed by atoms with Gasteiger partial charge in [-0.25, -0.2) is 9.97 Å². The molecule has 4 bridgehead atoms. The summed E-state index contributed by atoms with van der Waals surface area (Å²) in [5, 5.41) is 5.41. The molecule has 2 heterocycles. The Labute approximate surface area is 393 Å². The van der Waals surface area contributed by atoms with Gasteiger partial charge in [0.15, 0.2) is 0 Å². The van der Waals surface area contributed by atoms with Crippen LogP contribution in [0.4, 0.5) is 0 Å². The van der Waals surface area contributed by atoms with Crippen LogP contribution in [0.15, 0.2) is 60.7 Å². The van der Waals surface area contributed by atoms with E-state index in [4.69, 9.17) is 9.97 Å². The second-order valence-corrected chi connectivity index (χ2v) is 22.2. The summed E-state index contributed by atoms with van der Waals surface area (Å²) in [6.07, 6.45) is 10.1. The molecule has 8 aromatic rings. The van der Waals surface area contributed by atoms with Crippen molar-refractivity contribution in [3.8, 4) is 44.8 Å². The normalized spacial score (nSPS) is 19.6. The summed E-state index contributed by atoms with van der Waals surface area (Å²) in [4.78, 5) is 12.4. The van der Waals surface area contributed by atoms with Gasteiger partial charge in [0.2, 0.25) is 0 Å². The number of hydrogen-bond acceptors (Lipinski definition) is 2. The number of fused-ring (bicyclic) bond motifs is 7. The minimum atomic E-state index is 0.525. The first-order chi connectivity index (χ1) is 31.7. The van der Waals surface area contributed by atoms with Gasteiger partial charge in [0.1, 0.15) is 0 Å². The lowest BCUT2D eigenvalue weighted by molar-refractivity contribution is 0.361. The van der Waals surface area contributed by atoms with Crippen LogP contribution in [0.1, 0.15) is 164 Å². The fourth-order valence-corrected chi connectivity index (χ4v) is 15.2. The molecular formula is C64H66N2. The first-order valence-electron chi connectivity index (χ1n) is 25.3. The molecule has 14 rings (SSSR count). The Bertz CT molecular complexity index is 3130. The van der Waals surface area contributed by atoms with Crippen LogP contribution in [0.2, 0.25) is 0 Å². The summed E-state index contributed by atoms with van der Waals surface area (Å²) in [6.45, 7) is 27.7. The zero-order valence-corrected chi connectivity index (χ0v) is 41.6. The lowest BCUT2D eigenvalue weighted by atomic mass is 9.64. The van der Waals surface area contributed by atoms with Gasteiger partial charge in [-0.1, -0.05) is 70.8 Å². The number of benzene rings is 6. The van der Waals surface area contributed by atoms with Gasteiger partial charge in [-0.15, -0.1) is 0 Å². The first-order valence-corrected chi connectivity index (χ1v) is 25.3. The molecule has 0 aliphatic heterocycles. The third-order valence-electron chi connectivity index (χ3n) is 17.3. The highest BCUT2D eigenvalue weighted by molar-refractivity contribution is 6.23. The van der Waals surface area contributed by atoms with Crippen molar-refractivity contribution in [1.82, 2.24) is 9.97 Å². The SMILES string of the molecule is Cc1cc(C)c(-c2nc3c(-c4c(C)cc(C)cc4C)c4cc5c6c(c(-c7c(C)cc(C)cc7C)nc5c(-c5c(C)cc(C)cc5C)c4cc3c3c2C2CCC3CC2)C2CCC6CC2)c(C)c1. The second-order valence-electron chi connectivity index (χ2n) is 22.2. The molecule has 6 aliphatic carbocycles. The van der Waals surface area contributed by atoms with Crippen LogP contribution < -0.4 is 0 Å². The van der Waals surface area contributed by atoms with Crippen LogP contribution in [0.3, 0.4) is 0 Å². The highest BCUT2D eigenvalue weighted by Gasteiger charge is 2.41. The van der Waals surface area contributed by atoms with E-state index in [2.05, 4.69) is 144 Å². The molecule has 332 valence electrons. The Kier molecular flexibility index (Phi) is 9.47. The van der Waals surface area contributed by atoms with Crippen LogP contribution in [-0.2, 0) is 0 Å². The standard InChI is InChI=1S/C64H66N2/c1-31-21-35(5)51(36(6)22-31)59-47-29-50-56-44-15-19-46(20-16-44)58(56)64(54-41(11)27-34(4)28-42(54)12)66-62(50)60(52-37(7)23-32(2)24-38(52)8)48(47)30-49-55-43-13-17-45(18-14-43)57(55)63(65-61(49)59)53-39(9)25-33(3)26-40(53)10/h21-30,43-46H,13-20H2,1-12H3. The van der Waals surface area contributed by atoms with Crippen molar-refractivity contribution in [1.29, 1.82) is 0 Å². The van der Waals surface area contributed by atoms with E-state index in [-0.39, 0.29) is 0 Å². The third-order valence-corrected chi connectivity index (χ3v) is 17.3. The van der Waals surface area contributed by atoms with E-state index in [1.165, 1.54) is 195 Å². The average molecular weight is 863 g/mol. The van der Waals surface area contributed by atoms with Crippen molar-refractivity contribution < 1.29 is 0 Å². The van der Waals surface area contributed by atoms with Crippen molar-refractivity contribution in [3.63, 3.8) is 0 Å². The Balaban J connectivity index is 1.36. The van der Waals surface area contributed by atoms with Crippen molar-refractivity contribution in [2.75, 3.05) is 0 Å². The Hall–Kier alpha value is -5.60. The molecule has 2 heteroatoms. The molecule has 0 amide bonds. The minimum Gasteiger partial charge on any atom is -0.247 e. The Morgan fingerprint density at radius 3 is 0.788 bits per heavy atom. The Morgan fingerprint density at radius 2 is 0.515 bits per heavy atom. The van der Waals surface area contributed by atoms with Gasteiger partial charge in [-0.05, 0) is 259 Å². The van der Waals surface area contributed by atoms with Crippen molar-refractivity contribution >= 4 is 32.6 Å². The van der Waals surface area contributed by atoms with E-state index in [0.29, 0.717) is 23.7 Å². The number of pyridine rings is 2. The topological polar surface area (TPSA) is 25.8 Å². The molecule has 2 aromatic heterocycles. The molecule has 66 heavy (non-hydrogen) atoms. The van der Waals surface area contributed by atoms with Crippen LogP contribution in [0, 0.1) is 83.1 Å². The average Bonchev–Trinajstić information content (AvgIpc) is 3.25. The minimum absolute atomic E-state index is 0.525. The summed E-state index contributed by atoms with van der Waals surface area (Å²) in [6, 6.07) is 24.5. The van der Waals surface area contributed by atoms with Crippen LogP contribution in [-0.4, -0.2) is 9.97 Å². The highest BCUT2D eigenvalue weighted by Crippen LogP contribution is 2.59. The highest BCUT2D eigenvalue weighted by atomic mass is 14.7. The van der Waals surface area contributed by atoms with Gasteiger partial charge in [0.05, 0.1) is 22.4 Å². The fraction of sp³-hybridized carbons (Fsp3) is 0.375. The van der Waals surface area contributed by atoms with Crippen molar-refractivity contribution in [2.24, 2.45) is 0 Å². The summed E-state index contributed by atoms with van der Waals surface area (Å²) in [7, 11) is 0. The third kappa shape index (κ3) is 6.05. The molecule has 0 saturated heterocycles. The van der Waals surface area contributed by atoms with E-state index in [1.54, 1.807) is 22.3 Å². The summed E-state index contributed by atoms with van der Waals surface area (Å²) in [5.74, 6) is 2.11. The smallest absolute Gasteiger partial charge is 0.0797 e. The van der Waals surface area contributed by atoms with Gasteiger partial charge >= 0.3 is 0 Å². The van der Waals surface area contributed by atoms with Gasteiger partial charge in [-0.2, -0.15) is 0 Å². The van der Waals surface area contributed by atoms with Gasteiger partial charge in [0.25, 0.3) is 0 Å². The van der Waals surface area contributed by atoms with E-state index in [0.717, 1.165) is 0 Å². The maximum Gasteiger partial charge on any atom is 0.0797 e. The lowest BCUT2D eigenvalue weighted by Crippen LogP contribution is -2.24. The Morgan fingerprint density at radius 1 is 0.273 bits per heavy atom. The zero-order valence-electron chi connectivity index (χ0n) is 41.6. The summed E-state index contributed by atoms with van der Waals surface area (Å²) < 4.78 is 0. The molecule has 2 saturated carbocycles. The van der Waals surface area contributed by atoms with Crippen molar-refractivity contribution in [3.05, 3.63) is 150 Å². The summed E-state index contributed by atoms with van der Waals surface area (Å²) in [5.41, 5.74) is 35.1. The molecule has 0 atom stereocenters. The molecule has 0 unspecified atom stereocenters. The monoisotopic (exact) mass is 863 g/mol. The largest absolute Gasteiger partial charge is 0.247 e. The molecule has 6 aliphatic rings. The molecule has 0 spiro atoms. The van der Waals surface area contributed by atoms with Crippen LogP contribution >= 0.6 is 0 Å². The number of rotatable bonds is 4. The van der Waals surface area contributed by atoms with E-state index >= 15 is 0 Å². The molecule has 2 nitrogen and oxygen atoms in total. The van der Waals surface area contributed by atoms with E-state index < -0.39 is 0 Å². The summed E-state index contributed by atoms with van der Waals surface area (Å²) >= 11 is 0. The second kappa shape index (κ2) is 15.0. The van der Waals surface area contributed by atoms with E-state index in [1.807, 2.05) is 0 Å². The molecular weight excluding hydrogens is 797 g/mol. The number of aryl methyl sites for hydroxylation is 12. The maximum absolute atomic E-state index is 6.18. The van der Waals surface area contributed by atoms with E-state index in [9.17, 15) is 0 Å². The lowest BCUT2D eigenvalue weighted by Gasteiger charge is -2.41. The molecule has 0 N–H and O–H groups in total. The number of hydrogen-bond donors (Lipinski definition) is 0. The van der Waals surface area contributed by atoms with Crippen LogP contribution in [0.5, 0.6) is 0 Å². The predicted molar refractivity (Wildman–Crippen MR) is 281 cm³/mol. The van der Waals surface area contributed by atoms with Crippen molar-refractivity contribution in [2.45, 2.75) is 158 Å². The van der Waals surface area contributed by atoms with Gasteiger partial charge in [-0.3, -0.25) is 0 Å². The first kappa shape index (κ1) is 41.8. The van der Waals surface area contributed by atoms with Gasteiger partial charge < -0.3 is 0 Å². The zero-order chi connectivity index (χ0) is 45.8. The fourth-order valence-electron chi connectivity index (χ4n) is 15.2. The quantitative estimate of drug-likeness (QED) is 0.165. The molecule has 6 aromatic carbocycles. The molecule has 2 fully saturated rings. The predicted octanol–water partition coefficient (Wildman–Crippen LogP) is 17.8. The maximum atomic E-state index is 6.18. The van der Waals surface area contributed by atoms with Gasteiger partial charge in [0, 0.05) is 33.0 Å². The number of aromatic nitrogens is 2. The van der Waals surface area contributed by atoms with Crippen LogP contribution in [0.25, 0.3) is 77.3 Å².